The molecule has 140 valence electrons. The lowest BCUT2D eigenvalue weighted by Gasteiger charge is -2.36. The second-order valence-corrected chi connectivity index (χ2v) is 7.28. The minimum atomic E-state index is -0.986. The van der Waals surface area contributed by atoms with E-state index in [1.165, 1.54) is 18.9 Å². The maximum absolute atomic E-state index is 11.6. The van der Waals surface area contributed by atoms with Gasteiger partial charge in [-0.05, 0) is 62.4 Å². The number of methoxy groups -OCH3 is 1. The number of nitrogen functional groups attached to an aromatic ring is 1. The number of rotatable bonds is 8. The first-order valence-electron chi connectivity index (χ1n) is 9.02. The molecule has 0 aromatic heterocycles. The van der Waals surface area contributed by atoms with Crippen LogP contribution in [0.25, 0.3) is 0 Å². The van der Waals surface area contributed by atoms with Crippen molar-refractivity contribution in [2.24, 2.45) is 5.92 Å². The molecular weight excluding hydrogens is 340 g/mol. The summed E-state index contributed by atoms with van der Waals surface area (Å²) >= 11 is 5.99. The highest BCUT2D eigenvalue weighted by Crippen LogP contribution is 2.29. The fraction of sp³-hybridized carbons (Fsp3) is 0.632. The molecule has 5 nitrogen and oxygen atoms in total. The Morgan fingerprint density at radius 2 is 2.28 bits per heavy atom. The Bertz CT molecular complexity index is 594. The molecular formula is C19H29ClN2O3. The van der Waals surface area contributed by atoms with Crippen LogP contribution >= 0.6 is 11.6 Å². The smallest absolute Gasteiger partial charge is 0.336 e. The molecule has 0 radical (unpaired) electrons. The van der Waals surface area contributed by atoms with Crippen LogP contribution < -0.4 is 5.73 Å². The van der Waals surface area contributed by atoms with Crippen LogP contribution in [0.5, 0.6) is 0 Å². The summed E-state index contributed by atoms with van der Waals surface area (Å²) in [7, 11) is 1.70. The van der Waals surface area contributed by atoms with Gasteiger partial charge in [-0.25, -0.2) is 4.79 Å². The van der Waals surface area contributed by atoms with Crippen LogP contribution in [-0.2, 0) is 11.2 Å². The van der Waals surface area contributed by atoms with Crippen LogP contribution in [-0.4, -0.2) is 48.8 Å². The van der Waals surface area contributed by atoms with Gasteiger partial charge in [-0.3, -0.25) is 0 Å². The van der Waals surface area contributed by atoms with Crippen molar-refractivity contribution in [3.63, 3.8) is 0 Å². The van der Waals surface area contributed by atoms with E-state index in [0.717, 1.165) is 32.5 Å². The van der Waals surface area contributed by atoms with E-state index in [9.17, 15) is 9.90 Å². The lowest BCUT2D eigenvalue weighted by Crippen LogP contribution is -2.42. The Morgan fingerprint density at radius 3 is 2.92 bits per heavy atom. The van der Waals surface area contributed by atoms with Crippen LogP contribution in [0.1, 0.15) is 48.5 Å². The van der Waals surface area contributed by atoms with Gasteiger partial charge in [0, 0.05) is 13.7 Å². The lowest BCUT2D eigenvalue weighted by molar-refractivity contribution is 0.0156. The van der Waals surface area contributed by atoms with Crippen molar-refractivity contribution in [3.05, 3.63) is 28.3 Å². The molecule has 3 N–H and O–H groups in total. The molecule has 1 aliphatic rings. The Hall–Kier alpha value is -1.30. The number of nitrogens with zero attached hydrogens (tertiary/aromatic N) is 1. The molecule has 0 amide bonds. The number of halogens is 1. The summed E-state index contributed by atoms with van der Waals surface area (Å²) < 4.78 is 5.76. The van der Waals surface area contributed by atoms with Crippen LogP contribution in [0.4, 0.5) is 5.69 Å². The zero-order valence-corrected chi connectivity index (χ0v) is 15.9. The van der Waals surface area contributed by atoms with Gasteiger partial charge in [0.05, 0.1) is 22.4 Å². The number of carbonyl (C=O) groups is 1. The molecule has 1 heterocycles. The van der Waals surface area contributed by atoms with Crippen molar-refractivity contribution in [3.8, 4) is 0 Å². The van der Waals surface area contributed by atoms with Gasteiger partial charge in [0.1, 0.15) is 0 Å². The molecule has 25 heavy (non-hydrogen) atoms. The van der Waals surface area contributed by atoms with Crippen LogP contribution in [0.3, 0.4) is 0 Å². The fourth-order valence-corrected chi connectivity index (χ4v) is 3.81. The number of benzene rings is 1. The molecule has 2 rings (SSSR count). The minimum Gasteiger partial charge on any atom is -0.478 e. The molecule has 1 fully saturated rings. The lowest BCUT2D eigenvalue weighted by atomic mass is 9.87. The molecule has 1 aromatic carbocycles. The van der Waals surface area contributed by atoms with Crippen LogP contribution in [0.15, 0.2) is 12.1 Å². The number of piperidine rings is 1. The quantitative estimate of drug-likeness (QED) is 0.684. The topological polar surface area (TPSA) is 75.8 Å². The molecule has 1 saturated heterocycles. The molecule has 0 spiro atoms. The van der Waals surface area contributed by atoms with Gasteiger partial charge >= 0.3 is 5.97 Å². The maximum atomic E-state index is 11.6. The van der Waals surface area contributed by atoms with Crippen LogP contribution in [0.2, 0.25) is 5.02 Å². The number of hydrogen-bond acceptors (Lipinski definition) is 4. The van der Waals surface area contributed by atoms with E-state index >= 15 is 0 Å². The summed E-state index contributed by atoms with van der Waals surface area (Å²) in [6, 6.07) is 3.12. The Labute approximate surface area is 155 Å². The van der Waals surface area contributed by atoms with E-state index in [1.807, 2.05) is 0 Å². The van der Waals surface area contributed by atoms with Crippen molar-refractivity contribution in [2.75, 3.05) is 32.5 Å². The standard InChI is InChI=1S/C19H29ClN2O3/c1-3-4-7-22-8-5-6-13(12-22)18(25-2)10-14-9-17(21)16(20)11-15(14)19(23)24/h9,11,13,18H,3-8,10,12,21H2,1-2H3,(H,23,24). The number of hydrogen-bond donors (Lipinski definition) is 2. The van der Waals surface area contributed by atoms with E-state index in [2.05, 4.69) is 11.8 Å². The fourth-order valence-electron chi connectivity index (χ4n) is 3.64. The molecule has 0 aliphatic carbocycles. The Kier molecular flexibility index (Phi) is 7.54. The predicted molar refractivity (Wildman–Crippen MR) is 101 cm³/mol. The summed E-state index contributed by atoms with van der Waals surface area (Å²) in [5, 5.41) is 9.74. The zero-order chi connectivity index (χ0) is 18.4. The number of likely N-dealkylation sites (tertiary alicyclic amines) is 1. The van der Waals surface area contributed by atoms with Gasteiger partial charge < -0.3 is 20.5 Å². The second kappa shape index (κ2) is 9.41. The third kappa shape index (κ3) is 5.33. The van der Waals surface area contributed by atoms with Gasteiger partial charge in [-0.15, -0.1) is 0 Å². The summed E-state index contributed by atoms with van der Waals surface area (Å²) in [6.07, 6.45) is 5.17. The number of aromatic carboxylic acids is 1. The van der Waals surface area contributed by atoms with Crippen molar-refractivity contribution >= 4 is 23.3 Å². The predicted octanol–water partition coefficient (Wildman–Crippen LogP) is 3.69. The van der Waals surface area contributed by atoms with Gasteiger partial charge in [0.25, 0.3) is 0 Å². The maximum Gasteiger partial charge on any atom is 0.336 e. The first-order valence-corrected chi connectivity index (χ1v) is 9.40. The normalized spacial score (nSPS) is 19.7. The highest BCUT2D eigenvalue weighted by atomic mass is 35.5. The molecule has 2 atom stereocenters. The second-order valence-electron chi connectivity index (χ2n) is 6.87. The highest BCUT2D eigenvalue weighted by molar-refractivity contribution is 6.33. The van der Waals surface area contributed by atoms with Crippen LogP contribution in [0, 0.1) is 5.92 Å². The average Bonchev–Trinajstić information content (AvgIpc) is 2.60. The molecule has 0 bridgehead atoms. The van der Waals surface area contributed by atoms with E-state index in [1.54, 1.807) is 13.2 Å². The largest absolute Gasteiger partial charge is 0.478 e. The SMILES string of the molecule is CCCCN1CCCC(C(Cc2cc(N)c(Cl)cc2C(=O)O)OC)C1. The number of carboxylic acid groups (broad SMARTS) is 1. The molecule has 1 aromatic rings. The van der Waals surface area contributed by atoms with E-state index in [4.69, 9.17) is 22.1 Å². The monoisotopic (exact) mass is 368 g/mol. The number of anilines is 1. The Balaban J connectivity index is 2.14. The summed E-state index contributed by atoms with van der Waals surface area (Å²) in [6.45, 7) is 5.47. The van der Waals surface area contributed by atoms with E-state index in [0.29, 0.717) is 23.6 Å². The van der Waals surface area contributed by atoms with Gasteiger partial charge in [-0.2, -0.15) is 0 Å². The summed E-state index contributed by atoms with van der Waals surface area (Å²) in [5.41, 5.74) is 7.19. The zero-order valence-electron chi connectivity index (χ0n) is 15.1. The molecule has 2 unspecified atom stereocenters. The third-order valence-electron chi connectivity index (χ3n) is 5.07. The van der Waals surface area contributed by atoms with E-state index < -0.39 is 5.97 Å². The van der Waals surface area contributed by atoms with Gasteiger partial charge in [-0.1, -0.05) is 24.9 Å². The van der Waals surface area contributed by atoms with Crippen molar-refractivity contribution < 1.29 is 14.6 Å². The van der Waals surface area contributed by atoms with Gasteiger partial charge in [0.15, 0.2) is 0 Å². The molecule has 1 aliphatic heterocycles. The molecule has 6 heteroatoms. The third-order valence-corrected chi connectivity index (χ3v) is 5.40. The Morgan fingerprint density at radius 1 is 1.52 bits per heavy atom. The first-order chi connectivity index (χ1) is 12.0. The van der Waals surface area contributed by atoms with E-state index in [-0.39, 0.29) is 16.7 Å². The number of ether oxygens (including phenoxy) is 1. The minimum absolute atomic E-state index is 0.0249. The summed E-state index contributed by atoms with van der Waals surface area (Å²) in [4.78, 5) is 14.1. The van der Waals surface area contributed by atoms with Crippen molar-refractivity contribution in [1.29, 1.82) is 0 Å². The first kappa shape index (κ1) is 20.0. The number of nitrogens with two attached hydrogens (primary N) is 1. The highest BCUT2D eigenvalue weighted by Gasteiger charge is 2.28. The van der Waals surface area contributed by atoms with Crippen molar-refractivity contribution in [1.82, 2.24) is 4.90 Å². The van der Waals surface area contributed by atoms with Crippen molar-refractivity contribution in [2.45, 2.75) is 45.1 Å². The summed E-state index contributed by atoms with van der Waals surface area (Å²) in [5.74, 6) is -0.589. The number of carboxylic acids is 1. The number of unbranched alkanes of at least 4 members (excludes halogenated alkanes) is 1. The molecule has 0 saturated carbocycles. The average molecular weight is 369 g/mol. The van der Waals surface area contributed by atoms with Gasteiger partial charge in [0.2, 0.25) is 0 Å².